The smallest absolute Gasteiger partial charge is 0.227 e. The van der Waals surface area contributed by atoms with E-state index in [0.29, 0.717) is 19.5 Å². The molecule has 1 aliphatic rings. The number of nitrogens with one attached hydrogen (secondary N) is 1. The van der Waals surface area contributed by atoms with Crippen molar-refractivity contribution < 1.29 is 14.0 Å². The predicted molar refractivity (Wildman–Crippen MR) is 112 cm³/mol. The number of amides is 2. The molecular formula is C22H28FN3O2S. The molecule has 0 radical (unpaired) electrons. The monoisotopic (exact) mass is 417 g/mol. The Hall–Kier alpha value is -2.28. The van der Waals surface area contributed by atoms with E-state index in [-0.39, 0.29) is 29.5 Å². The quantitative estimate of drug-likeness (QED) is 0.749. The molecule has 0 bridgehead atoms. The van der Waals surface area contributed by atoms with Crippen LogP contribution in [0.15, 0.2) is 29.6 Å². The van der Waals surface area contributed by atoms with Gasteiger partial charge < -0.3 is 10.2 Å². The fourth-order valence-electron chi connectivity index (χ4n) is 3.44. The minimum atomic E-state index is -0.289. The van der Waals surface area contributed by atoms with Crippen molar-refractivity contribution in [1.82, 2.24) is 15.2 Å². The van der Waals surface area contributed by atoms with Gasteiger partial charge in [-0.3, -0.25) is 9.59 Å². The van der Waals surface area contributed by atoms with Crippen LogP contribution in [0.2, 0.25) is 0 Å². The van der Waals surface area contributed by atoms with E-state index in [4.69, 9.17) is 4.98 Å². The maximum atomic E-state index is 13.1. The van der Waals surface area contributed by atoms with Crippen LogP contribution >= 0.6 is 11.3 Å². The van der Waals surface area contributed by atoms with Crippen molar-refractivity contribution in [1.29, 1.82) is 0 Å². The van der Waals surface area contributed by atoms with E-state index < -0.39 is 0 Å². The molecule has 2 amide bonds. The van der Waals surface area contributed by atoms with Gasteiger partial charge in [-0.15, -0.1) is 11.3 Å². The van der Waals surface area contributed by atoms with Crippen LogP contribution in [0.4, 0.5) is 4.39 Å². The van der Waals surface area contributed by atoms with E-state index in [1.54, 1.807) is 23.5 Å². The van der Waals surface area contributed by atoms with Crippen LogP contribution in [0.1, 0.15) is 48.9 Å². The van der Waals surface area contributed by atoms with E-state index in [2.05, 4.69) is 10.7 Å². The highest BCUT2D eigenvalue weighted by molar-refractivity contribution is 7.09. The van der Waals surface area contributed by atoms with Crippen molar-refractivity contribution in [3.8, 4) is 0 Å². The number of carbonyl (C=O) groups excluding carboxylic acids is 2. The summed E-state index contributed by atoms with van der Waals surface area (Å²) in [7, 11) is 0. The Kier molecular flexibility index (Phi) is 7.36. The SMILES string of the molecule is CC(C)C(=O)NCCc1csc([C@H]2CCCN(C(=O)Cc3ccc(F)cc3)C2)n1. The Morgan fingerprint density at radius 2 is 2.07 bits per heavy atom. The van der Waals surface area contributed by atoms with Crippen LogP contribution < -0.4 is 5.32 Å². The normalized spacial score (nSPS) is 16.8. The van der Waals surface area contributed by atoms with Crippen molar-refractivity contribution in [2.75, 3.05) is 19.6 Å². The molecule has 1 saturated heterocycles. The van der Waals surface area contributed by atoms with Gasteiger partial charge >= 0.3 is 0 Å². The van der Waals surface area contributed by atoms with Crippen LogP contribution in [0.3, 0.4) is 0 Å². The van der Waals surface area contributed by atoms with E-state index >= 15 is 0 Å². The second kappa shape index (κ2) is 9.96. The summed E-state index contributed by atoms with van der Waals surface area (Å²) in [5.41, 5.74) is 1.82. The number of aromatic nitrogens is 1. The summed E-state index contributed by atoms with van der Waals surface area (Å²) in [6.07, 6.45) is 3.00. The lowest BCUT2D eigenvalue weighted by molar-refractivity contribution is -0.131. The summed E-state index contributed by atoms with van der Waals surface area (Å²) in [4.78, 5) is 31.0. The third kappa shape index (κ3) is 6.10. The maximum absolute atomic E-state index is 13.1. The lowest BCUT2D eigenvalue weighted by atomic mass is 9.98. The molecule has 2 aromatic rings. The largest absolute Gasteiger partial charge is 0.355 e. The highest BCUT2D eigenvalue weighted by Gasteiger charge is 2.26. The molecule has 5 nitrogen and oxygen atoms in total. The molecule has 7 heteroatoms. The molecular weight excluding hydrogens is 389 g/mol. The standard InChI is InChI=1S/C22H28FN3O2S/c1-15(2)21(28)24-10-9-19-14-29-22(25-19)17-4-3-11-26(13-17)20(27)12-16-5-7-18(23)8-6-16/h5-8,14-15,17H,3-4,9-13H2,1-2H3,(H,24,28)/t17-/m0/s1. The van der Waals surface area contributed by atoms with Gasteiger partial charge in [0.2, 0.25) is 11.8 Å². The molecule has 0 spiro atoms. The molecule has 1 aliphatic heterocycles. The first-order chi connectivity index (χ1) is 13.9. The summed E-state index contributed by atoms with van der Waals surface area (Å²) < 4.78 is 13.1. The molecule has 2 heterocycles. The molecule has 0 unspecified atom stereocenters. The van der Waals surface area contributed by atoms with Gasteiger partial charge in [0, 0.05) is 43.3 Å². The zero-order valence-electron chi connectivity index (χ0n) is 17.0. The van der Waals surface area contributed by atoms with Crippen LogP contribution in [0.25, 0.3) is 0 Å². The summed E-state index contributed by atoms with van der Waals surface area (Å²) in [6.45, 7) is 5.78. The molecule has 1 fully saturated rings. The Morgan fingerprint density at radius 3 is 2.79 bits per heavy atom. The third-order valence-corrected chi connectivity index (χ3v) is 6.22. The highest BCUT2D eigenvalue weighted by atomic mass is 32.1. The summed E-state index contributed by atoms with van der Waals surface area (Å²) in [5, 5.41) is 6.03. The lowest BCUT2D eigenvalue weighted by Crippen LogP contribution is -2.39. The molecule has 0 saturated carbocycles. The first-order valence-corrected chi connectivity index (χ1v) is 11.0. The second-order valence-corrected chi connectivity index (χ2v) is 8.74. The Balaban J connectivity index is 1.52. The zero-order chi connectivity index (χ0) is 20.8. The summed E-state index contributed by atoms with van der Waals surface area (Å²) in [5.74, 6) is 0.0895. The number of hydrogen-bond donors (Lipinski definition) is 1. The minimum Gasteiger partial charge on any atom is -0.355 e. The fourth-order valence-corrected chi connectivity index (χ4v) is 4.42. The Labute approximate surface area is 175 Å². The summed E-state index contributed by atoms with van der Waals surface area (Å²) in [6, 6.07) is 6.12. The van der Waals surface area contributed by atoms with Gasteiger partial charge in [-0.1, -0.05) is 26.0 Å². The number of thiazole rings is 1. The number of halogens is 1. The van der Waals surface area contributed by atoms with Crippen molar-refractivity contribution in [2.24, 2.45) is 5.92 Å². The number of benzene rings is 1. The van der Waals surface area contributed by atoms with Crippen molar-refractivity contribution in [3.63, 3.8) is 0 Å². The van der Waals surface area contributed by atoms with Gasteiger partial charge in [0.15, 0.2) is 0 Å². The first kappa shape index (κ1) is 21.4. The fraction of sp³-hybridized carbons (Fsp3) is 0.500. The van der Waals surface area contributed by atoms with E-state index in [1.807, 2.05) is 18.7 Å². The van der Waals surface area contributed by atoms with Gasteiger partial charge in [-0.2, -0.15) is 0 Å². The number of carbonyl (C=O) groups is 2. The highest BCUT2D eigenvalue weighted by Crippen LogP contribution is 2.29. The average molecular weight is 418 g/mol. The second-order valence-electron chi connectivity index (χ2n) is 7.85. The average Bonchev–Trinajstić information content (AvgIpc) is 3.18. The molecule has 1 atom stereocenters. The third-order valence-electron chi connectivity index (χ3n) is 5.17. The van der Waals surface area contributed by atoms with E-state index in [9.17, 15) is 14.0 Å². The molecule has 156 valence electrons. The van der Waals surface area contributed by atoms with Crippen molar-refractivity contribution >= 4 is 23.2 Å². The molecule has 3 rings (SSSR count). The van der Waals surface area contributed by atoms with Gasteiger partial charge in [0.05, 0.1) is 17.1 Å². The molecule has 0 aliphatic carbocycles. The van der Waals surface area contributed by atoms with E-state index in [0.717, 1.165) is 42.1 Å². The van der Waals surface area contributed by atoms with Crippen LogP contribution in [0.5, 0.6) is 0 Å². The molecule has 1 aromatic carbocycles. The number of nitrogens with zero attached hydrogens (tertiary/aromatic N) is 2. The van der Waals surface area contributed by atoms with Gasteiger partial charge in [-0.05, 0) is 30.5 Å². The summed E-state index contributed by atoms with van der Waals surface area (Å²) >= 11 is 1.64. The lowest BCUT2D eigenvalue weighted by Gasteiger charge is -2.32. The zero-order valence-corrected chi connectivity index (χ0v) is 17.8. The van der Waals surface area contributed by atoms with Crippen LogP contribution in [0, 0.1) is 11.7 Å². The molecule has 29 heavy (non-hydrogen) atoms. The predicted octanol–water partition coefficient (Wildman–Crippen LogP) is 3.55. The first-order valence-electron chi connectivity index (χ1n) is 10.2. The van der Waals surface area contributed by atoms with E-state index in [1.165, 1.54) is 12.1 Å². The van der Waals surface area contributed by atoms with Gasteiger partial charge in [0.25, 0.3) is 0 Å². The number of piperidine rings is 1. The molecule has 1 N–H and O–H groups in total. The Bertz CT molecular complexity index is 835. The van der Waals surface area contributed by atoms with Crippen molar-refractivity contribution in [2.45, 2.75) is 45.4 Å². The molecule has 1 aromatic heterocycles. The Morgan fingerprint density at radius 1 is 1.31 bits per heavy atom. The van der Waals surface area contributed by atoms with Crippen molar-refractivity contribution in [3.05, 3.63) is 51.7 Å². The maximum Gasteiger partial charge on any atom is 0.227 e. The van der Waals surface area contributed by atoms with Gasteiger partial charge in [0.1, 0.15) is 5.82 Å². The number of hydrogen-bond acceptors (Lipinski definition) is 4. The van der Waals surface area contributed by atoms with Crippen LogP contribution in [-0.2, 0) is 22.4 Å². The van der Waals surface area contributed by atoms with Gasteiger partial charge in [-0.25, -0.2) is 9.37 Å². The number of rotatable bonds is 7. The van der Waals surface area contributed by atoms with Crippen LogP contribution in [-0.4, -0.2) is 41.3 Å². The topological polar surface area (TPSA) is 62.3 Å². The minimum absolute atomic E-state index is 0.0123. The number of likely N-dealkylation sites (tertiary alicyclic amines) is 1.